The van der Waals surface area contributed by atoms with Gasteiger partial charge in [-0.3, -0.25) is 4.79 Å². The number of hydrogen-bond donors (Lipinski definition) is 0. The van der Waals surface area contributed by atoms with E-state index < -0.39 is 6.10 Å². The Morgan fingerprint density at radius 1 is 1.12 bits per heavy atom. The number of aryl methyl sites for hydroxylation is 2. The van der Waals surface area contributed by atoms with Gasteiger partial charge >= 0.3 is 0 Å². The maximum Gasteiger partial charge on any atom is 0.263 e. The van der Waals surface area contributed by atoms with Crippen molar-refractivity contribution >= 4 is 11.7 Å². The van der Waals surface area contributed by atoms with Crippen LogP contribution in [0.1, 0.15) is 18.1 Å². The average Bonchev–Trinajstić information content (AvgIpc) is 2.64. The summed E-state index contributed by atoms with van der Waals surface area (Å²) in [6, 6.07) is 11.9. The van der Waals surface area contributed by atoms with Crippen molar-refractivity contribution in [2.24, 2.45) is 0 Å². The van der Waals surface area contributed by atoms with E-state index in [1.54, 1.807) is 6.20 Å². The van der Waals surface area contributed by atoms with E-state index in [2.05, 4.69) is 16.0 Å². The number of hydrogen-bond acceptors (Lipinski definition) is 4. The van der Waals surface area contributed by atoms with Crippen molar-refractivity contribution < 1.29 is 9.53 Å². The first-order valence-corrected chi connectivity index (χ1v) is 8.73. The number of piperazine rings is 1. The van der Waals surface area contributed by atoms with Crippen LogP contribution in [-0.4, -0.2) is 48.1 Å². The highest BCUT2D eigenvalue weighted by Gasteiger charge is 2.26. The normalized spacial score (nSPS) is 15.8. The molecule has 1 amide bonds. The van der Waals surface area contributed by atoms with Crippen LogP contribution in [0.2, 0.25) is 0 Å². The fourth-order valence-corrected chi connectivity index (χ4v) is 3.13. The first-order valence-electron chi connectivity index (χ1n) is 8.73. The van der Waals surface area contributed by atoms with Crippen LogP contribution in [0.5, 0.6) is 5.75 Å². The molecule has 1 unspecified atom stereocenters. The molecule has 1 saturated heterocycles. The van der Waals surface area contributed by atoms with Crippen molar-refractivity contribution in [2.75, 3.05) is 31.1 Å². The fourth-order valence-electron chi connectivity index (χ4n) is 3.13. The summed E-state index contributed by atoms with van der Waals surface area (Å²) in [5.74, 6) is 1.79. The molecule has 0 saturated carbocycles. The Kier molecular flexibility index (Phi) is 5.22. The van der Waals surface area contributed by atoms with E-state index in [4.69, 9.17) is 4.74 Å². The van der Waals surface area contributed by atoms with Crippen molar-refractivity contribution in [3.05, 3.63) is 53.7 Å². The van der Waals surface area contributed by atoms with Crippen molar-refractivity contribution in [1.29, 1.82) is 0 Å². The number of carbonyl (C=O) groups is 1. The number of rotatable bonds is 4. The molecule has 1 aromatic carbocycles. The van der Waals surface area contributed by atoms with Crippen molar-refractivity contribution in [3.8, 4) is 5.75 Å². The second-order valence-corrected chi connectivity index (χ2v) is 6.53. The number of anilines is 1. The molecular formula is C20H25N3O2. The van der Waals surface area contributed by atoms with E-state index in [1.165, 1.54) is 5.56 Å². The summed E-state index contributed by atoms with van der Waals surface area (Å²) in [5, 5.41) is 0. The van der Waals surface area contributed by atoms with Gasteiger partial charge in [0.2, 0.25) is 0 Å². The number of pyridine rings is 1. The highest BCUT2D eigenvalue weighted by Crippen LogP contribution is 2.21. The summed E-state index contributed by atoms with van der Waals surface area (Å²) in [5.41, 5.74) is 2.24. The van der Waals surface area contributed by atoms with Crippen LogP contribution in [0.4, 0.5) is 5.82 Å². The molecule has 1 fully saturated rings. The van der Waals surface area contributed by atoms with E-state index in [0.717, 1.165) is 30.2 Å². The lowest BCUT2D eigenvalue weighted by Crippen LogP contribution is -2.52. The number of benzene rings is 1. The summed E-state index contributed by atoms with van der Waals surface area (Å²) in [6.07, 6.45) is 1.31. The minimum absolute atomic E-state index is 0.0423. The monoisotopic (exact) mass is 339 g/mol. The quantitative estimate of drug-likeness (QED) is 0.859. The van der Waals surface area contributed by atoms with E-state index in [-0.39, 0.29) is 5.91 Å². The summed E-state index contributed by atoms with van der Waals surface area (Å²) >= 11 is 0. The predicted molar refractivity (Wildman–Crippen MR) is 99.0 cm³/mol. The molecule has 1 aromatic heterocycles. The molecule has 0 aliphatic carbocycles. The maximum atomic E-state index is 12.7. The van der Waals surface area contributed by atoms with Gasteiger partial charge in [0.1, 0.15) is 11.6 Å². The Morgan fingerprint density at radius 3 is 2.52 bits per heavy atom. The lowest BCUT2D eigenvalue weighted by Gasteiger charge is -2.36. The van der Waals surface area contributed by atoms with E-state index in [1.807, 2.05) is 56.0 Å². The predicted octanol–water partition coefficient (Wildman–Crippen LogP) is 2.81. The fraction of sp³-hybridized carbons (Fsp3) is 0.400. The maximum absolute atomic E-state index is 12.7. The SMILES string of the molecule is Cc1ccc(OC(C)C(=O)N2CCN(c3ccccn3)CC2)c(C)c1. The van der Waals surface area contributed by atoms with Crippen molar-refractivity contribution in [3.63, 3.8) is 0 Å². The zero-order valence-electron chi connectivity index (χ0n) is 15.1. The molecule has 0 spiro atoms. The van der Waals surface area contributed by atoms with E-state index >= 15 is 0 Å². The molecule has 1 aliphatic heterocycles. The number of nitrogens with zero attached hydrogens (tertiary/aromatic N) is 3. The highest BCUT2D eigenvalue weighted by atomic mass is 16.5. The zero-order valence-corrected chi connectivity index (χ0v) is 15.1. The van der Waals surface area contributed by atoms with Crippen molar-refractivity contribution in [1.82, 2.24) is 9.88 Å². The molecule has 25 heavy (non-hydrogen) atoms. The highest BCUT2D eigenvalue weighted by molar-refractivity contribution is 5.81. The van der Waals surface area contributed by atoms with Crippen LogP contribution >= 0.6 is 0 Å². The van der Waals surface area contributed by atoms with Gasteiger partial charge in [0.25, 0.3) is 5.91 Å². The molecule has 2 heterocycles. The summed E-state index contributed by atoms with van der Waals surface area (Å²) in [6.45, 7) is 8.84. The van der Waals surface area contributed by atoms with Crippen LogP contribution in [0.25, 0.3) is 0 Å². The molecule has 5 heteroatoms. The van der Waals surface area contributed by atoms with Crippen LogP contribution in [0.15, 0.2) is 42.6 Å². The largest absolute Gasteiger partial charge is 0.481 e. The molecule has 2 aromatic rings. The Labute approximate surface area is 149 Å². The van der Waals surface area contributed by atoms with E-state index in [9.17, 15) is 4.79 Å². The Morgan fingerprint density at radius 2 is 1.88 bits per heavy atom. The van der Waals surface area contributed by atoms with Gasteiger partial charge < -0.3 is 14.5 Å². The molecule has 0 bridgehead atoms. The third-order valence-corrected chi connectivity index (χ3v) is 4.55. The Hall–Kier alpha value is -2.56. The van der Waals surface area contributed by atoms with Gasteiger partial charge in [-0.25, -0.2) is 4.98 Å². The second kappa shape index (κ2) is 7.55. The minimum atomic E-state index is -0.484. The molecule has 1 atom stereocenters. The summed E-state index contributed by atoms with van der Waals surface area (Å²) < 4.78 is 5.91. The van der Waals surface area contributed by atoms with Crippen molar-refractivity contribution in [2.45, 2.75) is 26.9 Å². The lowest BCUT2D eigenvalue weighted by molar-refractivity contribution is -0.138. The van der Waals surface area contributed by atoms with Gasteiger partial charge in [-0.05, 0) is 44.5 Å². The van der Waals surface area contributed by atoms with Crippen LogP contribution in [0.3, 0.4) is 0 Å². The van der Waals surface area contributed by atoms with Crippen LogP contribution < -0.4 is 9.64 Å². The summed E-state index contributed by atoms with van der Waals surface area (Å²) in [4.78, 5) is 21.2. The summed E-state index contributed by atoms with van der Waals surface area (Å²) in [7, 11) is 0. The number of carbonyl (C=O) groups excluding carboxylic acids is 1. The first kappa shape index (κ1) is 17.3. The minimum Gasteiger partial charge on any atom is -0.481 e. The molecule has 1 aliphatic rings. The number of aromatic nitrogens is 1. The first-order chi connectivity index (χ1) is 12.0. The third kappa shape index (κ3) is 4.10. The molecule has 0 radical (unpaired) electrons. The van der Waals surface area contributed by atoms with Gasteiger partial charge in [-0.1, -0.05) is 23.8 Å². The molecule has 5 nitrogen and oxygen atoms in total. The smallest absolute Gasteiger partial charge is 0.263 e. The molecule has 3 rings (SSSR count). The topological polar surface area (TPSA) is 45.7 Å². The zero-order chi connectivity index (χ0) is 17.8. The third-order valence-electron chi connectivity index (χ3n) is 4.55. The van der Waals surface area contributed by atoms with Crippen LogP contribution in [-0.2, 0) is 4.79 Å². The average molecular weight is 339 g/mol. The number of ether oxygens (including phenoxy) is 1. The Bertz CT molecular complexity index is 725. The van der Waals surface area contributed by atoms with Gasteiger partial charge in [0.05, 0.1) is 0 Å². The molecular weight excluding hydrogens is 314 g/mol. The van der Waals surface area contributed by atoms with Gasteiger partial charge in [0, 0.05) is 32.4 Å². The second-order valence-electron chi connectivity index (χ2n) is 6.53. The van der Waals surface area contributed by atoms with Gasteiger partial charge in [-0.15, -0.1) is 0 Å². The van der Waals surface area contributed by atoms with Gasteiger partial charge in [-0.2, -0.15) is 0 Å². The van der Waals surface area contributed by atoms with Gasteiger partial charge in [0.15, 0.2) is 6.10 Å². The number of amides is 1. The lowest BCUT2D eigenvalue weighted by atomic mass is 10.1. The Balaban J connectivity index is 1.56. The standard InChI is InChI=1S/C20H25N3O2/c1-15-7-8-18(16(2)14-15)25-17(3)20(24)23-12-10-22(11-13-23)19-6-4-5-9-21-19/h4-9,14,17H,10-13H2,1-3H3. The molecule has 0 N–H and O–H groups in total. The molecule has 132 valence electrons. The van der Waals surface area contributed by atoms with E-state index in [0.29, 0.717) is 13.1 Å². The van der Waals surface area contributed by atoms with Crippen LogP contribution in [0, 0.1) is 13.8 Å².